The number of rotatable bonds is 6. The van der Waals surface area contributed by atoms with Crippen molar-refractivity contribution in [1.82, 2.24) is 15.0 Å². The molecule has 0 saturated heterocycles. The van der Waals surface area contributed by atoms with Gasteiger partial charge in [-0.15, -0.1) is 17.9 Å². The largest absolute Gasteiger partial charge is 0.342 e. The number of nitrogens with zero attached hydrogens (tertiary/aromatic N) is 3. The standard InChI is InChI=1S/C20H23N3O2S/c1-6-7-8-9-23(5)20(24)16-11-17(15-10-12(2)26-14(15)4)21-19-18(16)13(3)22-25-19/h6,10-11H,1,7-9H2,2-5H3. The fourth-order valence-corrected chi connectivity index (χ4v) is 4.00. The summed E-state index contributed by atoms with van der Waals surface area (Å²) in [6.07, 6.45) is 3.64. The molecule has 136 valence electrons. The highest BCUT2D eigenvalue weighted by Gasteiger charge is 2.22. The van der Waals surface area contributed by atoms with Crippen molar-refractivity contribution in [2.24, 2.45) is 0 Å². The molecule has 3 aromatic rings. The van der Waals surface area contributed by atoms with Gasteiger partial charge in [-0.1, -0.05) is 11.2 Å². The van der Waals surface area contributed by atoms with Crippen LogP contribution in [0.4, 0.5) is 0 Å². The van der Waals surface area contributed by atoms with Crippen LogP contribution < -0.4 is 0 Å². The molecule has 0 radical (unpaired) electrons. The van der Waals surface area contributed by atoms with Crippen molar-refractivity contribution in [2.45, 2.75) is 33.6 Å². The van der Waals surface area contributed by atoms with Crippen LogP contribution in [0.25, 0.3) is 22.4 Å². The van der Waals surface area contributed by atoms with Crippen molar-refractivity contribution in [3.05, 3.63) is 45.8 Å². The van der Waals surface area contributed by atoms with E-state index in [4.69, 9.17) is 4.52 Å². The molecule has 0 N–H and O–H groups in total. The Labute approximate surface area is 157 Å². The van der Waals surface area contributed by atoms with Gasteiger partial charge in [-0.2, -0.15) is 0 Å². The zero-order chi connectivity index (χ0) is 18.8. The molecule has 0 aliphatic heterocycles. The van der Waals surface area contributed by atoms with E-state index in [1.54, 1.807) is 16.2 Å². The van der Waals surface area contributed by atoms with E-state index < -0.39 is 0 Å². The van der Waals surface area contributed by atoms with Gasteiger partial charge in [-0.25, -0.2) is 4.98 Å². The molecule has 0 aromatic carbocycles. The maximum atomic E-state index is 13.1. The van der Waals surface area contributed by atoms with Gasteiger partial charge < -0.3 is 9.42 Å². The molecule has 6 heteroatoms. The van der Waals surface area contributed by atoms with E-state index in [1.807, 2.05) is 26.1 Å². The molecule has 3 heterocycles. The monoisotopic (exact) mass is 369 g/mol. The summed E-state index contributed by atoms with van der Waals surface area (Å²) in [4.78, 5) is 21.8. The smallest absolute Gasteiger partial charge is 0.259 e. The number of amides is 1. The predicted molar refractivity (Wildman–Crippen MR) is 106 cm³/mol. The first kappa shape index (κ1) is 18.3. The predicted octanol–water partition coefficient (Wildman–Crippen LogP) is 4.91. The molecule has 0 saturated carbocycles. The van der Waals surface area contributed by atoms with E-state index in [0.29, 0.717) is 28.9 Å². The topological polar surface area (TPSA) is 59.2 Å². The fraction of sp³-hybridized carbons (Fsp3) is 0.350. The van der Waals surface area contributed by atoms with Crippen LogP contribution in [0.2, 0.25) is 0 Å². The maximum absolute atomic E-state index is 13.1. The van der Waals surface area contributed by atoms with Gasteiger partial charge in [0.15, 0.2) is 0 Å². The number of fused-ring (bicyclic) bond motifs is 1. The highest BCUT2D eigenvalue weighted by atomic mass is 32.1. The van der Waals surface area contributed by atoms with Crippen molar-refractivity contribution in [3.8, 4) is 11.3 Å². The Balaban J connectivity index is 2.08. The van der Waals surface area contributed by atoms with Gasteiger partial charge in [0, 0.05) is 28.9 Å². The van der Waals surface area contributed by atoms with Crippen molar-refractivity contribution >= 4 is 28.3 Å². The molecule has 0 fully saturated rings. The number of allylic oxidation sites excluding steroid dienone is 1. The number of carbonyl (C=O) groups excluding carboxylic acids is 1. The van der Waals surface area contributed by atoms with E-state index >= 15 is 0 Å². The summed E-state index contributed by atoms with van der Waals surface area (Å²) >= 11 is 1.72. The summed E-state index contributed by atoms with van der Waals surface area (Å²) in [5.41, 5.74) is 3.46. The Hall–Kier alpha value is -2.47. The second kappa shape index (κ2) is 7.41. The average molecular weight is 369 g/mol. The lowest BCUT2D eigenvalue weighted by Crippen LogP contribution is -2.28. The first-order valence-corrected chi connectivity index (χ1v) is 9.44. The van der Waals surface area contributed by atoms with Crippen molar-refractivity contribution in [1.29, 1.82) is 0 Å². The summed E-state index contributed by atoms with van der Waals surface area (Å²) in [5, 5.41) is 4.71. The zero-order valence-corrected chi connectivity index (χ0v) is 16.4. The molecule has 5 nitrogen and oxygen atoms in total. The molecule has 26 heavy (non-hydrogen) atoms. The molecule has 0 aliphatic rings. The van der Waals surface area contributed by atoms with E-state index in [0.717, 1.165) is 24.1 Å². The number of pyridine rings is 1. The molecule has 0 bridgehead atoms. The van der Waals surface area contributed by atoms with Gasteiger partial charge >= 0.3 is 0 Å². The maximum Gasteiger partial charge on any atom is 0.259 e. The number of thiophene rings is 1. The van der Waals surface area contributed by atoms with Crippen LogP contribution in [0.15, 0.2) is 29.3 Å². The van der Waals surface area contributed by atoms with Crippen LogP contribution in [0.5, 0.6) is 0 Å². The highest BCUT2D eigenvalue weighted by Crippen LogP contribution is 2.33. The summed E-state index contributed by atoms with van der Waals surface area (Å²) in [6, 6.07) is 3.97. The van der Waals surface area contributed by atoms with E-state index in [-0.39, 0.29) is 5.91 Å². The minimum atomic E-state index is -0.0429. The molecule has 0 unspecified atom stereocenters. The molecule has 3 rings (SSSR count). The lowest BCUT2D eigenvalue weighted by Gasteiger charge is -2.17. The minimum absolute atomic E-state index is 0.0429. The van der Waals surface area contributed by atoms with Gasteiger partial charge in [-0.05, 0) is 45.7 Å². The molecule has 1 amide bonds. The SMILES string of the molecule is C=CCCCN(C)C(=O)c1cc(-c2cc(C)sc2C)nc2onc(C)c12. The highest BCUT2D eigenvalue weighted by molar-refractivity contribution is 7.12. The Bertz CT molecular complexity index is 971. The molecule has 0 aliphatic carbocycles. The van der Waals surface area contributed by atoms with Crippen molar-refractivity contribution < 1.29 is 9.32 Å². The van der Waals surface area contributed by atoms with Crippen LogP contribution in [0, 0.1) is 20.8 Å². The fourth-order valence-electron chi connectivity index (χ4n) is 3.07. The molecule has 0 atom stereocenters. The Morgan fingerprint density at radius 1 is 1.35 bits per heavy atom. The molecule has 3 aromatic heterocycles. The zero-order valence-electron chi connectivity index (χ0n) is 15.6. The average Bonchev–Trinajstić information content (AvgIpc) is 3.15. The van der Waals surface area contributed by atoms with E-state index in [1.165, 1.54) is 9.75 Å². The van der Waals surface area contributed by atoms with Crippen LogP contribution in [0.3, 0.4) is 0 Å². The summed E-state index contributed by atoms with van der Waals surface area (Å²) in [5.74, 6) is -0.0429. The third-order valence-electron chi connectivity index (χ3n) is 4.41. The Kier molecular flexibility index (Phi) is 5.23. The second-order valence-electron chi connectivity index (χ2n) is 6.49. The van der Waals surface area contributed by atoms with Crippen LogP contribution in [-0.4, -0.2) is 34.5 Å². The molecular weight excluding hydrogens is 346 g/mol. The summed E-state index contributed by atoms with van der Waals surface area (Å²) in [7, 11) is 1.82. The normalized spacial score (nSPS) is 11.1. The Morgan fingerprint density at radius 3 is 2.77 bits per heavy atom. The van der Waals surface area contributed by atoms with Crippen LogP contribution >= 0.6 is 11.3 Å². The number of hydrogen-bond acceptors (Lipinski definition) is 5. The lowest BCUT2D eigenvalue weighted by molar-refractivity contribution is 0.0795. The quantitative estimate of drug-likeness (QED) is 0.457. The summed E-state index contributed by atoms with van der Waals surface area (Å²) < 4.78 is 5.38. The second-order valence-corrected chi connectivity index (χ2v) is 7.95. The van der Waals surface area contributed by atoms with E-state index in [9.17, 15) is 4.79 Å². The number of aromatic nitrogens is 2. The van der Waals surface area contributed by atoms with Gasteiger partial charge in [-0.3, -0.25) is 4.79 Å². The number of aryl methyl sites for hydroxylation is 3. The minimum Gasteiger partial charge on any atom is -0.342 e. The number of unbranched alkanes of at least 4 members (excludes halogenated alkanes) is 1. The third-order valence-corrected chi connectivity index (χ3v) is 5.38. The van der Waals surface area contributed by atoms with Crippen molar-refractivity contribution in [3.63, 3.8) is 0 Å². The van der Waals surface area contributed by atoms with Gasteiger partial charge in [0.1, 0.15) is 0 Å². The van der Waals surface area contributed by atoms with E-state index in [2.05, 4.69) is 36.6 Å². The first-order chi connectivity index (χ1) is 12.4. The first-order valence-electron chi connectivity index (χ1n) is 8.63. The lowest BCUT2D eigenvalue weighted by atomic mass is 10.0. The van der Waals surface area contributed by atoms with Gasteiger partial charge in [0.25, 0.3) is 11.6 Å². The van der Waals surface area contributed by atoms with Crippen LogP contribution in [-0.2, 0) is 0 Å². The molecule has 0 spiro atoms. The summed E-state index contributed by atoms with van der Waals surface area (Å²) in [6.45, 7) is 10.4. The molecular formula is C20H23N3O2S. The number of hydrogen-bond donors (Lipinski definition) is 0. The van der Waals surface area contributed by atoms with Crippen LogP contribution in [0.1, 0.15) is 38.6 Å². The number of carbonyl (C=O) groups is 1. The van der Waals surface area contributed by atoms with Gasteiger partial charge in [0.05, 0.1) is 22.3 Å². The Morgan fingerprint density at radius 2 is 2.12 bits per heavy atom. The third kappa shape index (κ3) is 3.42. The van der Waals surface area contributed by atoms with Crippen molar-refractivity contribution in [2.75, 3.05) is 13.6 Å². The van der Waals surface area contributed by atoms with Gasteiger partial charge in [0.2, 0.25) is 0 Å².